The number of carbonyl (C=O) groups excluding carboxylic acids is 1. The van der Waals surface area contributed by atoms with E-state index < -0.39 is 28.3 Å². The standard InChI is InChI=1S/C22H20ClFN2O4S/c1-30-15-16-6-5-7-17(12-16)25-22(27)14-26(18-10-11-21(24)20(23)13-18)31(28,29)19-8-3-2-4-9-19/h2-13H,14-15H2,1H3,(H,25,27). The first-order chi connectivity index (χ1) is 14.8. The maximum absolute atomic E-state index is 13.6. The third-order valence-electron chi connectivity index (χ3n) is 4.33. The molecule has 0 saturated heterocycles. The van der Waals surface area contributed by atoms with E-state index in [0.29, 0.717) is 12.3 Å². The Morgan fingerprint density at radius 3 is 2.48 bits per heavy atom. The second-order valence-electron chi connectivity index (χ2n) is 6.60. The van der Waals surface area contributed by atoms with Crippen LogP contribution in [-0.2, 0) is 26.2 Å². The highest BCUT2D eigenvalue weighted by Gasteiger charge is 2.27. The Labute approximate surface area is 185 Å². The summed E-state index contributed by atoms with van der Waals surface area (Å²) in [6, 6.07) is 18.1. The maximum atomic E-state index is 13.6. The molecule has 0 unspecified atom stereocenters. The second-order valence-corrected chi connectivity index (χ2v) is 8.87. The highest BCUT2D eigenvalue weighted by molar-refractivity contribution is 7.92. The molecule has 0 aliphatic carbocycles. The monoisotopic (exact) mass is 462 g/mol. The van der Waals surface area contributed by atoms with Gasteiger partial charge in [-0.05, 0) is 48.0 Å². The van der Waals surface area contributed by atoms with Crippen LogP contribution in [0.1, 0.15) is 5.56 Å². The molecule has 0 radical (unpaired) electrons. The van der Waals surface area contributed by atoms with Crippen molar-refractivity contribution >= 4 is 38.9 Å². The summed E-state index contributed by atoms with van der Waals surface area (Å²) >= 11 is 5.86. The average Bonchev–Trinajstić information content (AvgIpc) is 2.75. The van der Waals surface area contributed by atoms with Gasteiger partial charge in [0.05, 0.1) is 22.2 Å². The van der Waals surface area contributed by atoms with E-state index in [1.54, 1.807) is 43.5 Å². The molecule has 0 fully saturated rings. The lowest BCUT2D eigenvalue weighted by atomic mass is 10.2. The van der Waals surface area contributed by atoms with Crippen LogP contribution in [0.2, 0.25) is 5.02 Å². The van der Waals surface area contributed by atoms with Crippen LogP contribution in [0, 0.1) is 5.82 Å². The molecule has 0 heterocycles. The minimum Gasteiger partial charge on any atom is -0.380 e. The molecule has 3 aromatic rings. The molecule has 3 rings (SSSR count). The smallest absolute Gasteiger partial charge is 0.264 e. The summed E-state index contributed by atoms with van der Waals surface area (Å²) in [5, 5.41) is 2.43. The molecule has 0 atom stereocenters. The largest absolute Gasteiger partial charge is 0.380 e. The topological polar surface area (TPSA) is 75.7 Å². The van der Waals surface area contributed by atoms with Crippen molar-refractivity contribution in [2.45, 2.75) is 11.5 Å². The molecule has 6 nitrogen and oxygen atoms in total. The van der Waals surface area contributed by atoms with E-state index >= 15 is 0 Å². The van der Waals surface area contributed by atoms with Crippen LogP contribution in [0.5, 0.6) is 0 Å². The number of benzene rings is 3. The SMILES string of the molecule is COCc1cccc(NC(=O)CN(c2ccc(F)c(Cl)c2)S(=O)(=O)c2ccccc2)c1. The van der Waals surface area contributed by atoms with Gasteiger partial charge in [0.15, 0.2) is 0 Å². The lowest BCUT2D eigenvalue weighted by Crippen LogP contribution is -2.38. The Morgan fingerprint density at radius 2 is 1.81 bits per heavy atom. The highest BCUT2D eigenvalue weighted by atomic mass is 35.5. The van der Waals surface area contributed by atoms with E-state index in [-0.39, 0.29) is 15.6 Å². The number of halogens is 2. The van der Waals surface area contributed by atoms with Gasteiger partial charge >= 0.3 is 0 Å². The van der Waals surface area contributed by atoms with Crippen molar-refractivity contribution < 1.29 is 22.3 Å². The zero-order chi connectivity index (χ0) is 22.4. The first-order valence-electron chi connectivity index (χ1n) is 9.22. The van der Waals surface area contributed by atoms with E-state index in [1.807, 2.05) is 6.07 Å². The zero-order valence-corrected chi connectivity index (χ0v) is 18.2. The van der Waals surface area contributed by atoms with Crippen LogP contribution in [0.4, 0.5) is 15.8 Å². The number of sulfonamides is 1. The number of ether oxygens (including phenoxy) is 1. The highest BCUT2D eigenvalue weighted by Crippen LogP contribution is 2.27. The van der Waals surface area contributed by atoms with Gasteiger partial charge in [-0.3, -0.25) is 9.10 Å². The number of rotatable bonds is 8. The summed E-state index contributed by atoms with van der Waals surface area (Å²) in [4.78, 5) is 12.7. The van der Waals surface area contributed by atoms with Gasteiger partial charge < -0.3 is 10.1 Å². The number of amides is 1. The van der Waals surface area contributed by atoms with Gasteiger partial charge in [0.25, 0.3) is 10.0 Å². The van der Waals surface area contributed by atoms with Gasteiger partial charge in [0.2, 0.25) is 5.91 Å². The zero-order valence-electron chi connectivity index (χ0n) is 16.6. The van der Waals surface area contributed by atoms with Gasteiger partial charge in [-0.25, -0.2) is 12.8 Å². The van der Waals surface area contributed by atoms with Gasteiger partial charge in [0, 0.05) is 12.8 Å². The van der Waals surface area contributed by atoms with E-state index in [0.717, 1.165) is 15.9 Å². The molecule has 0 bridgehead atoms. The van der Waals surface area contributed by atoms with Crippen molar-refractivity contribution in [3.63, 3.8) is 0 Å². The van der Waals surface area contributed by atoms with Crippen molar-refractivity contribution in [3.8, 4) is 0 Å². The van der Waals surface area contributed by atoms with Crippen molar-refractivity contribution in [1.29, 1.82) is 0 Å². The van der Waals surface area contributed by atoms with Gasteiger partial charge in [-0.15, -0.1) is 0 Å². The van der Waals surface area contributed by atoms with Gasteiger partial charge in [-0.2, -0.15) is 0 Å². The normalized spacial score (nSPS) is 11.2. The summed E-state index contributed by atoms with van der Waals surface area (Å²) in [5.41, 5.74) is 1.41. The molecule has 1 N–H and O–H groups in total. The summed E-state index contributed by atoms with van der Waals surface area (Å²) in [7, 11) is -2.56. The fourth-order valence-electron chi connectivity index (χ4n) is 2.91. The first-order valence-corrected chi connectivity index (χ1v) is 11.0. The molecule has 0 aliphatic rings. The molecule has 0 saturated carbocycles. The van der Waals surface area contributed by atoms with Crippen LogP contribution >= 0.6 is 11.6 Å². The molecular weight excluding hydrogens is 443 g/mol. The Kier molecular flexibility index (Phi) is 7.27. The number of carbonyl (C=O) groups is 1. The Bertz CT molecular complexity index is 1170. The predicted octanol–water partition coefficient (Wildman–Crippen LogP) is 4.46. The van der Waals surface area contributed by atoms with E-state index in [1.165, 1.54) is 24.3 Å². The first kappa shape index (κ1) is 22.7. The molecule has 0 aromatic heterocycles. The molecule has 31 heavy (non-hydrogen) atoms. The number of hydrogen-bond donors (Lipinski definition) is 1. The fraction of sp³-hybridized carbons (Fsp3) is 0.136. The van der Waals surface area contributed by atoms with Crippen LogP contribution < -0.4 is 9.62 Å². The van der Waals surface area contributed by atoms with Gasteiger partial charge in [-0.1, -0.05) is 41.9 Å². The Morgan fingerprint density at radius 1 is 1.06 bits per heavy atom. The Hall–Kier alpha value is -2.94. The minimum absolute atomic E-state index is 0.00895. The third-order valence-corrected chi connectivity index (χ3v) is 6.41. The second kappa shape index (κ2) is 9.91. The van der Waals surface area contributed by atoms with Crippen molar-refractivity contribution in [3.05, 3.63) is 89.2 Å². The van der Waals surface area contributed by atoms with Crippen LogP contribution in [0.3, 0.4) is 0 Å². The molecule has 162 valence electrons. The molecule has 9 heteroatoms. The summed E-state index contributed by atoms with van der Waals surface area (Å²) < 4.78 is 46.1. The van der Waals surface area contributed by atoms with E-state index in [4.69, 9.17) is 16.3 Å². The van der Waals surface area contributed by atoms with Crippen LogP contribution in [-0.4, -0.2) is 28.0 Å². The average molecular weight is 463 g/mol. The number of nitrogens with one attached hydrogen (secondary N) is 1. The number of methoxy groups -OCH3 is 1. The van der Waals surface area contributed by atoms with Crippen molar-refractivity contribution in [2.24, 2.45) is 0 Å². The number of nitrogens with zero attached hydrogens (tertiary/aromatic N) is 1. The quantitative estimate of drug-likeness (QED) is 0.536. The number of anilines is 2. The molecule has 1 amide bonds. The fourth-order valence-corrected chi connectivity index (χ4v) is 4.52. The number of hydrogen-bond acceptors (Lipinski definition) is 4. The summed E-state index contributed by atoms with van der Waals surface area (Å²) in [6.07, 6.45) is 0. The van der Waals surface area contributed by atoms with Crippen LogP contribution in [0.25, 0.3) is 0 Å². The van der Waals surface area contributed by atoms with E-state index in [2.05, 4.69) is 5.32 Å². The summed E-state index contributed by atoms with van der Waals surface area (Å²) in [5.74, 6) is -1.27. The molecule has 3 aromatic carbocycles. The Balaban J connectivity index is 1.92. The maximum Gasteiger partial charge on any atom is 0.264 e. The van der Waals surface area contributed by atoms with Gasteiger partial charge in [0.1, 0.15) is 12.4 Å². The third kappa shape index (κ3) is 5.61. The summed E-state index contributed by atoms with van der Waals surface area (Å²) in [6.45, 7) is -0.167. The molecular formula is C22H20ClFN2O4S. The lowest BCUT2D eigenvalue weighted by molar-refractivity contribution is -0.114. The van der Waals surface area contributed by atoms with Crippen molar-refractivity contribution in [2.75, 3.05) is 23.3 Å². The predicted molar refractivity (Wildman–Crippen MR) is 118 cm³/mol. The van der Waals surface area contributed by atoms with Crippen LogP contribution in [0.15, 0.2) is 77.7 Å². The van der Waals surface area contributed by atoms with E-state index in [9.17, 15) is 17.6 Å². The molecule has 0 spiro atoms. The molecule has 0 aliphatic heterocycles. The minimum atomic E-state index is -4.12. The van der Waals surface area contributed by atoms with Crippen molar-refractivity contribution in [1.82, 2.24) is 0 Å². The lowest BCUT2D eigenvalue weighted by Gasteiger charge is -2.24.